The molecule has 1 aromatic heterocycles. The van der Waals surface area contributed by atoms with Crippen molar-refractivity contribution in [3.63, 3.8) is 0 Å². The predicted octanol–water partition coefficient (Wildman–Crippen LogP) is 3.70. The first-order valence-corrected chi connectivity index (χ1v) is 7.13. The van der Waals surface area contributed by atoms with E-state index in [1.807, 2.05) is 73.3 Å². The van der Waals surface area contributed by atoms with Gasteiger partial charge in [-0.25, -0.2) is 4.68 Å². The van der Waals surface area contributed by atoms with Crippen LogP contribution in [0.3, 0.4) is 0 Å². The van der Waals surface area contributed by atoms with Crippen LogP contribution in [0.5, 0.6) is 0 Å². The van der Waals surface area contributed by atoms with E-state index in [4.69, 9.17) is 5.10 Å². The quantitative estimate of drug-likeness (QED) is 0.746. The van der Waals surface area contributed by atoms with Crippen molar-refractivity contribution in [2.45, 2.75) is 6.92 Å². The molecule has 1 heterocycles. The Labute approximate surface area is 129 Å². The van der Waals surface area contributed by atoms with E-state index in [0.29, 0.717) is 5.56 Å². The molecule has 0 aliphatic heterocycles. The van der Waals surface area contributed by atoms with Crippen LogP contribution in [0.15, 0.2) is 54.6 Å². The molecule has 0 saturated carbocycles. The number of aldehydes is 1. The standard InChI is InChI=1S/C18H17N3O/c1-13-17(15-10-8-14(12-22)9-11-15)20-21(18(13)19-2)16-6-4-3-5-7-16/h3-12,19H,1-2H3. The van der Waals surface area contributed by atoms with E-state index in [9.17, 15) is 4.79 Å². The lowest BCUT2D eigenvalue weighted by atomic mass is 10.1. The van der Waals surface area contributed by atoms with Crippen LogP contribution in [0, 0.1) is 6.92 Å². The Kier molecular flexibility index (Phi) is 3.74. The molecular weight excluding hydrogens is 274 g/mol. The molecule has 0 aliphatic rings. The number of hydrogen-bond acceptors (Lipinski definition) is 3. The normalized spacial score (nSPS) is 10.5. The molecule has 0 saturated heterocycles. The first-order valence-electron chi connectivity index (χ1n) is 7.13. The fraction of sp³-hybridized carbons (Fsp3) is 0.111. The zero-order chi connectivity index (χ0) is 15.5. The maximum atomic E-state index is 10.8. The van der Waals surface area contributed by atoms with Gasteiger partial charge in [-0.05, 0) is 19.1 Å². The van der Waals surface area contributed by atoms with Crippen molar-refractivity contribution in [2.24, 2.45) is 0 Å². The zero-order valence-corrected chi connectivity index (χ0v) is 12.6. The fourth-order valence-corrected chi connectivity index (χ4v) is 2.54. The number of carbonyl (C=O) groups excluding carboxylic acids is 1. The van der Waals surface area contributed by atoms with Crippen LogP contribution in [-0.4, -0.2) is 23.1 Å². The Morgan fingerprint density at radius 1 is 1.05 bits per heavy atom. The molecule has 2 aromatic carbocycles. The lowest BCUT2D eigenvalue weighted by molar-refractivity contribution is 0.112. The molecule has 0 aliphatic carbocycles. The van der Waals surface area contributed by atoms with Crippen molar-refractivity contribution in [2.75, 3.05) is 12.4 Å². The SMILES string of the molecule is CNc1c(C)c(-c2ccc(C=O)cc2)nn1-c1ccccc1. The molecule has 3 rings (SSSR count). The van der Waals surface area contributed by atoms with E-state index in [-0.39, 0.29) is 0 Å². The van der Waals surface area contributed by atoms with Crippen LogP contribution in [-0.2, 0) is 0 Å². The van der Waals surface area contributed by atoms with Gasteiger partial charge >= 0.3 is 0 Å². The topological polar surface area (TPSA) is 46.9 Å². The van der Waals surface area contributed by atoms with E-state index in [0.717, 1.165) is 34.6 Å². The number of benzene rings is 2. The molecule has 0 amide bonds. The molecule has 0 bridgehead atoms. The lowest BCUT2D eigenvalue weighted by Crippen LogP contribution is -2.02. The summed E-state index contributed by atoms with van der Waals surface area (Å²) in [6.45, 7) is 2.04. The van der Waals surface area contributed by atoms with Crippen LogP contribution >= 0.6 is 0 Å². The lowest BCUT2D eigenvalue weighted by Gasteiger charge is -2.06. The molecule has 4 heteroatoms. The minimum Gasteiger partial charge on any atom is -0.373 e. The molecule has 0 radical (unpaired) electrons. The largest absolute Gasteiger partial charge is 0.373 e. The van der Waals surface area contributed by atoms with Gasteiger partial charge < -0.3 is 5.32 Å². The summed E-state index contributed by atoms with van der Waals surface area (Å²) in [5.41, 5.74) is 4.65. The van der Waals surface area contributed by atoms with E-state index >= 15 is 0 Å². The summed E-state index contributed by atoms with van der Waals surface area (Å²) in [5, 5.41) is 7.96. The van der Waals surface area contributed by atoms with Gasteiger partial charge in [-0.15, -0.1) is 0 Å². The molecule has 0 unspecified atom stereocenters. The van der Waals surface area contributed by atoms with Crippen molar-refractivity contribution in [1.29, 1.82) is 0 Å². The summed E-state index contributed by atoms with van der Waals surface area (Å²) in [7, 11) is 1.89. The highest BCUT2D eigenvalue weighted by molar-refractivity contribution is 5.77. The predicted molar refractivity (Wildman–Crippen MR) is 88.7 cm³/mol. The van der Waals surface area contributed by atoms with Crippen LogP contribution < -0.4 is 5.32 Å². The molecule has 0 atom stereocenters. The van der Waals surface area contributed by atoms with Gasteiger partial charge in [0.05, 0.1) is 11.4 Å². The van der Waals surface area contributed by atoms with Crippen molar-refractivity contribution in [1.82, 2.24) is 9.78 Å². The van der Waals surface area contributed by atoms with Crippen molar-refractivity contribution in [3.05, 3.63) is 65.7 Å². The molecule has 110 valence electrons. The number of rotatable bonds is 4. The number of para-hydroxylation sites is 1. The molecule has 0 fully saturated rings. The average molecular weight is 291 g/mol. The Balaban J connectivity index is 2.13. The maximum absolute atomic E-state index is 10.8. The van der Waals surface area contributed by atoms with Crippen molar-refractivity contribution in [3.8, 4) is 16.9 Å². The van der Waals surface area contributed by atoms with Gasteiger partial charge in [0.2, 0.25) is 0 Å². The first kappa shape index (κ1) is 14.1. The summed E-state index contributed by atoms with van der Waals surface area (Å²) in [6.07, 6.45) is 0.845. The molecular formula is C18H17N3O. The summed E-state index contributed by atoms with van der Waals surface area (Å²) < 4.78 is 1.90. The third kappa shape index (κ3) is 2.39. The van der Waals surface area contributed by atoms with Gasteiger partial charge in [0.15, 0.2) is 0 Å². The molecule has 4 nitrogen and oxygen atoms in total. The summed E-state index contributed by atoms with van der Waals surface area (Å²) in [6, 6.07) is 17.5. The third-order valence-corrected chi connectivity index (χ3v) is 3.68. The minimum atomic E-state index is 0.665. The van der Waals surface area contributed by atoms with Crippen LogP contribution in [0.25, 0.3) is 16.9 Å². The number of nitrogens with one attached hydrogen (secondary N) is 1. The monoisotopic (exact) mass is 291 g/mol. The average Bonchev–Trinajstić information content (AvgIpc) is 2.92. The molecule has 22 heavy (non-hydrogen) atoms. The Morgan fingerprint density at radius 3 is 2.32 bits per heavy atom. The maximum Gasteiger partial charge on any atom is 0.150 e. The van der Waals surface area contributed by atoms with Gasteiger partial charge in [0, 0.05) is 23.7 Å². The zero-order valence-electron chi connectivity index (χ0n) is 12.6. The van der Waals surface area contributed by atoms with Crippen LogP contribution in [0.2, 0.25) is 0 Å². The third-order valence-electron chi connectivity index (χ3n) is 3.68. The van der Waals surface area contributed by atoms with Crippen molar-refractivity contribution < 1.29 is 4.79 Å². The van der Waals surface area contributed by atoms with Gasteiger partial charge in [-0.1, -0.05) is 42.5 Å². The van der Waals surface area contributed by atoms with Crippen LogP contribution in [0.1, 0.15) is 15.9 Å². The highest BCUT2D eigenvalue weighted by Gasteiger charge is 2.15. The second kappa shape index (κ2) is 5.85. The number of carbonyl (C=O) groups is 1. The van der Waals surface area contributed by atoms with Gasteiger partial charge in [0.1, 0.15) is 12.1 Å². The van der Waals surface area contributed by atoms with E-state index in [1.165, 1.54) is 0 Å². The van der Waals surface area contributed by atoms with Crippen molar-refractivity contribution >= 4 is 12.1 Å². The Bertz CT molecular complexity index is 789. The summed E-state index contributed by atoms with van der Waals surface area (Å²) in [4.78, 5) is 10.8. The van der Waals surface area contributed by atoms with E-state index in [2.05, 4.69) is 5.32 Å². The van der Waals surface area contributed by atoms with Gasteiger partial charge in [-0.2, -0.15) is 5.10 Å². The molecule has 0 spiro atoms. The highest BCUT2D eigenvalue weighted by atomic mass is 16.1. The number of aromatic nitrogens is 2. The van der Waals surface area contributed by atoms with Gasteiger partial charge in [0.25, 0.3) is 0 Å². The number of nitrogens with zero attached hydrogens (tertiary/aromatic N) is 2. The smallest absolute Gasteiger partial charge is 0.150 e. The second-order valence-electron chi connectivity index (χ2n) is 5.06. The number of anilines is 1. The summed E-state index contributed by atoms with van der Waals surface area (Å²) >= 11 is 0. The highest BCUT2D eigenvalue weighted by Crippen LogP contribution is 2.30. The Morgan fingerprint density at radius 2 is 1.73 bits per heavy atom. The molecule has 3 aromatic rings. The van der Waals surface area contributed by atoms with E-state index in [1.54, 1.807) is 0 Å². The minimum absolute atomic E-state index is 0.665. The summed E-state index contributed by atoms with van der Waals surface area (Å²) in [5.74, 6) is 0.959. The Hall–Kier alpha value is -2.88. The van der Waals surface area contributed by atoms with E-state index < -0.39 is 0 Å². The van der Waals surface area contributed by atoms with Gasteiger partial charge in [-0.3, -0.25) is 4.79 Å². The van der Waals surface area contributed by atoms with Crippen LogP contribution in [0.4, 0.5) is 5.82 Å². The molecule has 1 N–H and O–H groups in total. The fourth-order valence-electron chi connectivity index (χ4n) is 2.54. The second-order valence-corrected chi connectivity index (χ2v) is 5.06. The number of hydrogen-bond donors (Lipinski definition) is 1. The first-order chi connectivity index (χ1) is 10.7.